The summed E-state index contributed by atoms with van der Waals surface area (Å²) >= 11 is 6.26. The number of hydrogen-bond acceptors (Lipinski definition) is 6. The molecule has 5 heterocycles. The lowest BCUT2D eigenvalue weighted by molar-refractivity contribution is 0.0940. The van der Waals surface area contributed by atoms with Gasteiger partial charge in [0.05, 0.1) is 22.5 Å². The molecule has 9 heteroatoms. The van der Waals surface area contributed by atoms with Crippen LogP contribution in [0.3, 0.4) is 0 Å². The zero-order valence-corrected chi connectivity index (χ0v) is 20.5. The number of carbonyl (C=O) groups is 1. The molecule has 2 atom stereocenters. The average Bonchev–Trinajstić information content (AvgIpc) is 3.21. The molecule has 0 bridgehead atoms. The van der Waals surface area contributed by atoms with E-state index in [1.165, 1.54) is 0 Å². The van der Waals surface area contributed by atoms with Gasteiger partial charge in [-0.05, 0) is 56.5 Å². The van der Waals surface area contributed by atoms with Gasteiger partial charge in [-0.1, -0.05) is 6.92 Å². The molecule has 34 heavy (non-hydrogen) atoms. The van der Waals surface area contributed by atoms with E-state index in [9.17, 15) is 4.79 Å². The quantitative estimate of drug-likeness (QED) is 0.538. The minimum Gasteiger partial charge on any atom is -0.420 e. The van der Waals surface area contributed by atoms with Crippen LogP contribution < -0.4 is 10.1 Å². The number of likely N-dealkylation sites (N-methyl/N-ethyl adjacent to an activating group) is 1. The summed E-state index contributed by atoms with van der Waals surface area (Å²) in [6.07, 6.45) is 4.32. The van der Waals surface area contributed by atoms with Crippen LogP contribution in [0, 0.1) is 6.92 Å². The largest absolute Gasteiger partial charge is 0.420 e. The van der Waals surface area contributed by atoms with Gasteiger partial charge < -0.3 is 15.0 Å². The van der Waals surface area contributed by atoms with Crippen LogP contribution in [0.4, 0.5) is 0 Å². The third kappa shape index (κ3) is 3.15. The van der Waals surface area contributed by atoms with Crippen molar-refractivity contribution in [2.75, 3.05) is 20.1 Å². The standard InChI is InChI=1S/C25H27ClN6O2/c1-11-9-27-22(33)19-15-6-5-14-10-28-23(12(2)17(14)21(15)30-20(11)19)34-24-18-13(3)32(4)8-7-16(18)29-25(26)31-24/h10-11,13,30H,5-9H2,1-4H3,(H,27,33). The number of halogens is 1. The fourth-order valence-electron chi connectivity index (χ4n) is 5.57. The Kier molecular flexibility index (Phi) is 4.93. The molecule has 0 aromatic carbocycles. The molecule has 0 saturated heterocycles. The van der Waals surface area contributed by atoms with Crippen molar-refractivity contribution in [3.63, 3.8) is 0 Å². The number of hydrogen-bond donors (Lipinski definition) is 2. The number of aromatic nitrogens is 4. The normalized spacial score (nSPS) is 21.3. The molecule has 0 fully saturated rings. The Labute approximate surface area is 203 Å². The second kappa shape index (κ2) is 7.78. The predicted octanol–water partition coefficient (Wildman–Crippen LogP) is 4.12. The number of aromatic amines is 1. The van der Waals surface area contributed by atoms with Gasteiger partial charge >= 0.3 is 0 Å². The summed E-state index contributed by atoms with van der Waals surface area (Å²) < 4.78 is 6.37. The van der Waals surface area contributed by atoms with Crippen LogP contribution in [0.25, 0.3) is 11.3 Å². The fourth-order valence-corrected chi connectivity index (χ4v) is 5.75. The first-order valence-electron chi connectivity index (χ1n) is 11.8. The molecule has 0 saturated carbocycles. The molecule has 2 N–H and O–H groups in total. The molecule has 3 aliphatic rings. The van der Waals surface area contributed by atoms with Crippen molar-refractivity contribution >= 4 is 17.5 Å². The van der Waals surface area contributed by atoms with Crippen LogP contribution in [0.15, 0.2) is 6.20 Å². The van der Waals surface area contributed by atoms with E-state index in [1.54, 1.807) is 0 Å². The number of nitrogens with zero attached hydrogens (tertiary/aromatic N) is 4. The van der Waals surface area contributed by atoms with Gasteiger partial charge in [-0.2, -0.15) is 4.98 Å². The van der Waals surface area contributed by atoms with Gasteiger partial charge in [0.2, 0.25) is 17.0 Å². The van der Waals surface area contributed by atoms with Crippen LogP contribution in [-0.4, -0.2) is 50.9 Å². The summed E-state index contributed by atoms with van der Waals surface area (Å²) in [4.78, 5) is 32.1. The van der Waals surface area contributed by atoms with E-state index >= 15 is 0 Å². The van der Waals surface area contributed by atoms with Gasteiger partial charge in [0, 0.05) is 54.5 Å². The van der Waals surface area contributed by atoms with Crippen molar-refractivity contribution in [3.05, 3.63) is 50.7 Å². The van der Waals surface area contributed by atoms with Gasteiger partial charge in [-0.3, -0.25) is 9.69 Å². The van der Waals surface area contributed by atoms with Crippen molar-refractivity contribution in [3.8, 4) is 23.0 Å². The van der Waals surface area contributed by atoms with E-state index in [-0.39, 0.29) is 23.2 Å². The highest BCUT2D eigenvalue weighted by Crippen LogP contribution is 2.44. The Morgan fingerprint density at radius 1 is 1.15 bits per heavy atom. The third-order valence-corrected chi connectivity index (χ3v) is 7.78. The molecule has 3 aromatic heterocycles. The molecular weight excluding hydrogens is 452 g/mol. The first kappa shape index (κ1) is 21.6. The minimum absolute atomic E-state index is 0.0117. The lowest BCUT2D eigenvalue weighted by Crippen LogP contribution is -2.34. The van der Waals surface area contributed by atoms with Crippen LogP contribution in [-0.2, 0) is 19.3 Å². The van der Waals surface area contributed by atoms with Crippen LogP contribution in [0.5, 0.6) is 11.8 Å². The van der Waals surface area contributed by atoms with Gasteiger partial charge in [-0.25, -0.2) is 9.97 Å². The Bertz CT molecular complexity index is 1350. The highest BCUT2D eigenvalue weighted by atomic mass is 35.5. The maximum Gasteiger partial charge on any atom is 0.253 e. The fraction of sp³-hybridized carbons (Fsp3) is 0.440. The summed E-state index contributed by atoms with van der Waals surface area (Å²) in [6, 6.07) is 0.107. The lowest BCUT2D eigenvalue weighted by atomic mass is 9.86. The van der Waals surface area contributed by atoms with E-state index in [4.69, 9.17) is 16.3 Å². The van der Waals surface area contributed by atoms with Crippen molar-refractivity contribution in [1.82, 2.24) is 30.2 Å². The minimum atomic E-state index is 0.0117. The van der Waals surface area contributed by atoms with Gasteiger partial charge in [0.25, 0.3) is 5.91 Å². The summed E-state index contributed by atoms with van der Waals surface area (Å²) in [5, 5.41) is 3.20. The molecular formula is C25H27ClN6O2. The van der Waals surface area contributed by atoms with Gasteiger partial charge in [0.15, 0.2) is 0 Å². The molecule has 176 valence electrons. The second-order valence-electron chi connectivity index (χ2n) is 9.63. The first-order valence-corrected chi connectivity index (χ1v) is 12.2. The number of nitrogens with one attached hydrogen (secondary N) is 2. The van der Waals surface area contributed by atoms with Crippen LogP contribution in [0.2, 0.25) is 5.28 Å². The highest BCUT2D eigenvalue weighted by molar-refractivity contribution is 6.28. The Hall–Kier alpha value is -2.97. The molecule has 8 nitrogen and oxygen atoms in total. The Morgan fingerprint density at radius 2 is 1.97 bits per heavy atom. The molecule has 1 amide bonds. The van der Waals surface area contributed by atoms with E-state index in [0.29, 0.717) is 18.3 Å². The molecule has 2 unspecified atom stereocenters. The predicted molar refractivity (Wildman–Crippen MR) is 129 cm³/mol. The number of ether oxygens (including phenoxy) is 1. The van der Waals surface area contributed by atoms with Gasteiger partial charge in [-0.15, -0.1) is 0 Å². The summed E-state index contributed by atoms with van der Waals surface area (Å²) in [7, 11) is 2.08. The summed E-state index contributed by atoms with van der Waals surface area (Å²) in [5.41, 5.74) is 8.96. The van der Waals surface area contributed by atoms with E-state index < -0.39 is 0 Å². The molecule has 3 aromatic rings. The monoisotopic (exact) mass is 478 g/mol. The molecule has 1 aliphatic carbocycles. The van der Waals surface area contributed by atoms with Crippen molar-refractivity contribution in [1.29, 1.82) is 0 Å². The van der Waals surface area contributed by atoms with Crippen LogP contribution >= 0.6 is 11.6 Å². The van der Waals surface area contributed by atoms with E-state index in [1.807, 2.05) is 13.1 Å². The lowest BCUT2D eigenvalue weighted by Gasteiger charge is -2.32. The number of aryl methyl sites for hydroxylation is 1. The molecule has 2 aliphatic heterocycles. The van der Waals surface area contributed by atoms with Crippen molar-refractivity contribution < 1.29 is 9.53 Å². The maximum atomic E-state index is 12.7. The molecule has 0 radical (unpaired) electrons. The third-order valence-electron chi connectivity index (χ3n) is 7.61. The van der Waals surface area contributed by atoms with E-state index in [2.05, 4.69) is 51.0 Å². The van der Waals surface area contributed by atoms with Crippen LogP contribution in [0.1, 0.15) is 69.8 Å². The SMILES string of the molecule is Cc1c(Oc2nc(Cl)nc3c2C(C)N(C)CC3)ncc2c1-c1[nH]c3c(c1CC2)C(=O)NCC3C. The number of amides is 1. The number of fused-ring (bicyclic) bond motifs is 6. The maximum absolute atomic E-state index is 12.7. The number of H-pyrrole nitrogens is 1. The van der Waals surface area contributed by atoms with Gasteiger partial charge in [0.1, 0.15) is 0 Å². The smallest absolute Gasteiger partial charge is 0.253 e. The average molecular weight is 479 g/mol. The second-order valence-corrected chi connectivity index (χ2v) is 9.97. The summed E-state index contributed by atoms with van der Waals surface area (Å²) in [5.74, 6) is 1.21. The molecule has 0 spiro atoms. The van der Waals surface area contributed by atoms with Crippen molar-refractivity contribution in [2.24, 2.45) is 0 Å². The summed E-state index contributed by atoms with van der Waals surface area (Å²) in [6.45, 7) is 7.83. The zero-order valence-electron chi connectivity index (χ0n) is 19.8. The topological polar surface area (TPSA) is 96.0 Å². The Balaban J connectivity index is 1.47. The highest BCUT2D eigenvalue weighted by Gasteiger charge is 2.34. The zero-order chi connectivity index (χ0) is 23.7. The number of pyridine rings is 1. The Morgan fingerprint density at radius 3 is 2.79 bits per heavy atom. The number of carbonyl (C=O) groups excluding carboxylic acids is 1. The van der Waals surface area contributed by atoms with E-state index in [0.717, 1.165) is 76.3 Å². The van der Waals surface area contributed by atoms with Crippen molar-refractivity contribution in [2.45, 2.75) is 52.0 Å². The number of rotatable bonds is 2. The first-order chi connectivity index (χ1) is 16.3. The molecule has 6 rings (SSSR count).